The third kappa shape index (κ3) is 2.70. The first-order valence-electron chi connectivity index (χ1n) is 4.23. The minimum atomic E-state index is -0.390. The number of ether oxygens (including phenoxy) is 1. The molecule has 0 unspecified atom stereocenters. The molecular formula is C10H14FNO. The maximum atomic E-state index is 12.0. The molecule has 0 spiro atoms. The normalized spacial score (nSPS) is 12.5. The highest BCUT2D eigenvalue weighted by Gasteiger charge is 2.05. The van der Waals surface area contributed by atoms with Gasteiger partial charge in [0, 0.05) is 6.04 Å². The second kappa shape index (κ2) is 4.82. The third-order valence-electron chi connectivity index (χ3n) is 1.94. The summed E-state index contributed by atoms with van der Waals surface area (Å²) in [4.78, 5) is 0. The van der Waals surface area contributed by atoms with Crippen molar-refractivity contribution in [2.45, 2.75) is 12.5 Å². The van der Waals surface area contributed by atoms with E-state index in [2.05, 4.69) is 0 Å². The molecule has 72 valence electrons. The predicted octanol–water partition coefficient (Wildman–Crippen LogP) is 2.05. The lowest BCUT2D eigenvalue weighted by Crippen LogP contribution is -2.10. The Morgan fingerprint density at radius 1 is 1.54 bits per heavy atom. The summed E-state index contributed by atoms with van der Waals surface area (Å²) in [5.74, 6) is 0.756. The van der Waals surface area contributed by atoms with Gasteiger partial charge < -0.3 is 10.5 Å². The van der Waals surface area contributed by atoms with Gasteiger partial charge in [-0.25, -0.2) is 0 Å². The van der Waals surface area contributed by atoms with E-state index in [1.165, 1.54) is 0 Å². The lowest BCUT2D eigenvalue weighted by atomic mass is 10.1. The Bertz CT molecular complexity index is 265. The Morgan fingerprint density at radius 3 is 2.92 bits per heavy atom. The van der Waals surface area contributed by atoms with Gasteiger partial charge in [-0.1, -0.05) is 12.1 Å². The van der Waals surface area contributed by atoms with E-state index in [0.717, 1.165) is 11.3 Å². The van der Waals surface area contributed by atoms with Crippen molar-refractivity contribution in [2.24, 2.45) is 5.73 Å². The van der Waals surface area contributed by atoms with Crippen molar-refractivity contribution < 1.29 is 9.13 Å². The first-order valence-corrected chi connectivity index (χ1v) is 4.23. The average molecular weight is 183 g/mol. The maximum Gasteiger partial charge on any atom is 0.119 e. The van der Waals surface area contributed by atoms with E-state index in [0.29, 0.717) is 6.42 Å². The summed E-state index contributed by atoms with van der Waals surface area (Å²) in [5, 5.41) is 0. The van der Waals surface area contributed by atoms with Crippen LogP contribution in [0.5, 0.6) is 5.75 Å². The summed E-state index contributed by atoms with van der Waals surface area (Å²) in [5.41, 5.74) is 6.65. The molecule has 0 saturated heterocycles. The molecule has 0 saturated carbocycles. The van der Waals surface area contributed by atoms with Crippen LogP contribution in [-0.4, -0.2) is 13.8 Å². The molecule has 0 radical (unpaired) electrons. The molecule has 0 heterocycles. The van der Waals surface area contributed by atoms with E-state index in [4.69, 9.17) is 10.5 Å². The fraction of sp³-hybridized carbons (Fsp3) is 0.400. The van der Waals surface area contributed by atoms with Crippen molar-refractivity contribution in [1.82, 2.24) is 0 Å². The highest BCUT2D eigenvalue weighted by atomic mass is 19.1. The Hall–Kier alpha value is -1.09. The van der Waals surface area contributed by atoms with Crippen LogP contribution in [0.4, 0.5) is 4.39 Å². The van der Waals surface area contributed by atoms with Crippen LogP contribution in [0.25, 0.3) is 0 Å². The quantitative estimate of drug-likeness (QED) is 0.775. The van der Waals surface area contributed by atoms with Gasteiger partial charge in [0.1, 0.15) is 5.75 Å². The maximum absolute atomic E-state index is 12.0. The number of nitrogens with two attached hydrogens (primary N) is 1. The molecule has 1 aromatic carbocycles. The summed E-state index contributed by atoms with van der Waals surface area (Å²) in [6.45, 7) is -0.390. The van der Waals surface area contributed by atoms with Crippen LogP contribution < -0.4 is 10.5 Å². The van der Waals surface area contributed by atoms with E-state index < -0.39 is 6.67 Å². The number of methoxy groups -OCH3 is 1. The van der Waals surface area contributed by atoms with Gasteiger partial charge in [-0.2, -0.15) is 0 Å². The molecule has 3 heteroatoms. The fourth-order valence-corrected chi connectivity index (χ4v) is 1.16. The Morgan fingerprint density at radius 2 is 2.31 bits per heavy atom. The van der Waals surface area contributed by atoms with Crippen LogP contribution in [0, 0.1) is 0 Å². The van der Waals surface area contributed by atoms with Crippen LogP contribution in [-0.2, 0) is 0 Å². The number of rotatable bonds is 4. The zero-order valence-corrected chi connectivity index (χ0v) is 7.66. The SMILES string of the molecule is COc1cccc([C@H](N)CCF)c1. The Balaban J connectivity index is 2.75. The van der Waals surface area contributed by atoms with E-state index in [1.54, 1.807) is 7.11 Å². The van der Waals surface area contributed by atoms with Crippen LogP contribution >= 0.6 is 0 Å². The van der Waals surface area contributed by atoms with Crippen LogP contribution in [0.2, 0.25) is 0 Å². The van der Waals surface area contributed by atoms with Crippen molar-refractivity contribution >= 4 is 0 Å². The molecule has 2 N–H and O–H groups in total. The minimum Gasteiger partial charge on any atom is -0.497 e. The fourth-order valence-electron chi connectivity index (χ4n) is 1.16. The molecule has 0 amide bonds. The third-order valence-corrected chi connectivity index (χ3v) is 1.94. The van der Waals surface area contributed by atoms with Crippen molar-refractivity contribution in [1.29, 1.82) is 0 Å². The molecule has 13 heavy (non-hydrogen) atoms. The van der Waals surface area contributed by atoms with Crippen LogP contribution in [0.3, 0.4) is 0 Å². The minimum absolute atomic E-state index is 0.236. The van der Waals surface area contributed by atoms with Crippen LogP contribution in [0.1, 0.15) is 18.0 Å². The first-order chi connectivity index (χ1) is 6.27. The van der Waals surface area contributed by atoms with Crippen molar-refractivity contribution in [3.63, 3.8) is 0 Å². The van der Waals surface area contributed by atoms with E-state index in [1.807, 2.05) is 24.3 Å². The molecule has 0 aliphatic carbocycles. The summed E-state index contributed by atoms with van der Waals surface area (Å²) >= 11 is 0. The van der Waals surface area contributed by atoms with Crippen LogP contribution in [0.15, 0.2) is 24.3 Å². The van der Waals surface area contributed by atoms with Crippen molar-refractivity contribution in [3.05, 3.63) is 29.8 Å². The molecule has 1 aromatic rings. The summed E-state index contributed by atoms with van der Waals surface area (Å²) in [6.07, 6.45) is 0.354. The predicted molar refractivity (Wildman–Crippen MR) is 50.5 cm³/mol. The molecular weight excluding hydrogens is 169 g/mol. The van der Waals surface area contributed by atoms with Gasteiger partial charge in [-0.3, -0.25) is 4.39 Å². The van der Waals surface area contributed by atoms with Gasteiger partial charge in [0.25, 0.3) is 0 Å². The highest BCUT2D eigenvalue weighted by Crippen LogP contribution is 2.19. The molecule has 0 aliphatic heterocycles. The molecule has 0 aromatic heterocycles. The highest BCUT2D eigenvalue weighted by molar-refractivity contribution is 5.30. The zero-order chi connectivity index (χ0) is 9.68. The molecule has 0 fully saturated rings. The second-order valence-corrected chi connectivity index (χ2v) is 2.86. The zero-order valence-electron chi connectivity index (χ0n) is 7.66. The Kier molecular flexibility index (Phi) is 3.71. The smallest absolute Gasteiger partial charge is 0.119 e. The molecule has 0 aliphatic rings. The topological polar surface area (TPSA) is 35.2 Å². The van der Waals surface area contributed by atoms with Gasteiger partial charge in [-0.05, 0) is 24.1 Å². The number of halogens is 1. The van der Waals surface area contributed by atoms with Gasteiger partial charge in [-0.15, -0.1) is 0 Å². The Labute approximate surface area is 77.5 Å². The summed E-state index contributed by atoms with van der Waals surface area (Å²) in [7, 11) is 1.60. The van der Waals surface area contributed by atoms with E-state index in [-0.39, 0.29) is 6.04 Å². The summed E-state index contributed by atoms with van der Waals surface area (Å²) < 4.78 is 17.0. The molecule has 1 atom stereocenters. The van der Waals surface area contributed by atoms with Gasteiger partial charge >= 0.3 is 0 Å². The second-order valence-electron chi connectivity index (χ2n) is 2.86. The summed E-state index contributed by atoms with van der Waals surface area (Å²) in [6, 6.07) is 7.17. The number of hydrogen-bond acceptors (Lipinski definition) is 2. The number of alkyl halides is 1. The largest absolute Gasteiger partial charge is 0.497 e. The van der Waals surface area contributed by atoms with Gasteiger partial charge in [0.05, 0.1) is 13.8 Å². The van der Waals surface area contributed by atoms with E-state index in [9.17, 15) is 4.39 Å². The van der Waals surface area contributed by atoms with Gasteiger partial charge in [0.2, 0.25) is 0 Å². The number of benzene rings is 1. The van der Waals surface area contributed by atoms with Gasteiger partial charge in [0.15, 0.2) is 0 Å². The average Bonchev–Trinajstić information content (AvgIpc) is 2.18. The van der Waals surface area contributed by atoms with Crippen molar-refractivity contribution in [3.8, 4) is 5.75 Å². The first kappa shape index (κ1) is 9.99. The lowest BCUT2D eigenvalue weighted by molar-refractivity contribution is 0.411. The number of hydrogen-bond donors (Lipinski definition) is 1. The van der Waals surface area contributed by atoms with Crippen molar-refractivity contribution in [2.75, 3.05) is 13.8 Å². The monoisotopic (exact) mass is 183 g/mol. The molecule has 0 bridgehead atoms. The lowest BCUT2D eigenvalue weighted by Gasteiger charge is -2.10. The molecule has 1 rings (SSSR count). The molecule has 2 nitrogen and oxygen atoms in total. The standard InChI is InChI=1S/C10H14FNO/c1-13-9-4-2-3-8(7-9)10(12)5-6-11/h2-4,7,10H,5-6,12H2,1H3/t10-/m1/s1. The van der Waals surface area contributed by atoms with E-state index >= 15 is 0 Å².